The Kier molecular flexibility index (Phi) is 7.13. The third-order valence-electron chi connectivity index (χ3n) is 10.1. The summed E-state index contributed by atoms with van der Waals surface area (Å²) in [5, 5.41) is 25.0. The van der Waals surface area contributed by atoms with Crippen LogP contribution in [0.3, 0.4) is 0 Å². The number of rotatable bonds is 5. The van der Waals surface area contributed by atoms with Gasteiger partial charge in [-0.25, -0.2) is 4.98 Å². The fraction of sp³-hybridized carbons (Fsp3) is 0.778. The number of anilines is 1. The van der Waals surface area contributed by atoms with Crippen LogP contribution in [0.2, 0.25) is 0 Å². The summed E-state index contributed by atoms with van der Waals surface area (Å²) in [6.45, 7) is 7.71. The number of aliphatic hydroxyl groups excluding tert-OH is 2. The smallest absolute Gasteiger partial charge is 0.229 e. The van der Waals surface area contributed by atoms with E-state index in [2.05, 4.69) is 12.2 Å². The molecule has 3 fully saturated rings. The van der Waals surface area contributed by atoms with Crippen LogP contribution >= 0.6 is 11.3 Å². The first kappa shape index (κ1) is 26.6. The van der Waals surface area contributed by atoms with Gasteiger partial charge in [-0.1, -0.05) is 20.3 Å². The average molecular weight is 533 g/mol. The molecule has 37 heavy (non-hydrogen) atoms. The lowest BCUT2D eigenvalue weighted by atomic mass is 9.47. The molecule has 3 aliphatic carbocycles. The van der Waals surface area contributed by atoms with Gasteiger partial charge in [0.25, 0.3) is 0 Å². The minimum Gasteiger partial charge on any atom is -0.396 e. The van der Waals surface area contributed by atoms with Crippen molar-refractivity contribution in [1.82, 2.24) is 14.8 Å². The van der Waals surface area contributed by atoms with Crippen LogP contribution in [0.15, 0.2) is 0 Å². The van der Waals surface area contributed by atoms with Crippen molar-refractivity contribution >= 4 is 34.2 Å². The fourth-order valence-electron chi connectivity index (χ4n) is 7.15. The molecular formula is C27H40N4O5S. The summed E-state index contributed by atoms with van der Waals surface area (Å²) in [6.07, 6.45) is 4.56. The van der Waals surface area contributed by atoms with Crippen molar-refractivity contribution in [3.63, 3.8) is 0 Å². The first-order valence-electron chi connectivity index (χ1n) is 13.7. The fourth-order valence-corrected chi connectivity index (χ4v) is 8.22. The largest absolute Gasteiger partial charge is 0.396 e. The lowest BCUT2D eigenvalue weighted by Crippen LogP contribution is -2.58. The van der Waals surface area contributed by atoms with E-state index in [1.54, 1.807) is 11.8 Å². The predicted molar refractivity (Wildman–Crippen MR) is 140 cm³/mol. The van der Waals surface area contributed by atoms with Crippen LogP contribution in [0.5, 0.6) is 0 Å². The lowest BCUT2D eigenvalue weighted by molar-refractivity contribution is -0.149. The molecule has 2 heterocycles. The van der Waals surface area contributed by atoms with Crippen LogP contribution in [0.4, 0.5) is 5.13 Å². The number of carbonyl (C=O) groups is 3. The molecule has 0 bridgehead atoms. The van der Waals surface area contributed by atoms with Crippen LogP contribution in [0, 0.1) is 22.7 Å². The molecule has 9 nitrogen and oxygen atoms in total. The van der Waals surface area contributed by atoms with E-state index in [1.807, 2.05) is 11.8 Å². The number of hydrogen-bond donors (Lipinski definition) is 3. The number of hydrogen-bond acceptors (Lipinski definition) is 7. The number of carbonyl (C=O) groups excluding carboxylic acids is 3. The average Bonchev–Trinajstić information content (AvgIpc) is 3.23. The maximum absolute atomic E-state index is 13.6. The first-order valence-corrected chi connectivity index (χ1v) is 14.5. The SMILES string of the molecule is CC(=O)N1CCN(C(=O)C[C@H]2c3nc(NC(=O)C4CCC4)sc3C[C@H]3[C@](C)(CO)[C@H](O)CC[C@]32C)CC1. The quantitative estimate of drug-likeness (QED) is 0.535. The summed E-state index contributed by atoms with van der Waals surface area (Å²) < 4.78 is 0. The number of fused-ring (bicyclic) bond motifs is 2. The number of aromatic nitrogens is 1. The standard InChI is InChI=1S/C27H40N4O5S/c1-16(33)30-9-11-31(12-10-30)22(35)13-18-23-19(37-25(28-23)29-24(36)17-5-4-6-17)14-20-26(18,2)8-7-21(34)27(20,3)15-32/h17-18,20-21,32,34H,4-15H2,1-3H3,(H,28,29,36)/t18-,20+,21+,26-,27-/m0/s1. The topological polar surface area (TPSA) is 123 Å². The second-order valence-electron chi connectivity index (χ2n) is 12.1. The maximum atomic E-state index is 13.6. The van der Waals surface area contributed by atoms with Crippen LogP contribution < -0.4 is 5.32 Å². The summed E-state index contributed by atoms with van der Waals surface area (Å²) >= 11 is 1.48. The van der Waals surface area contributed by atoms with Gasteiger partial charge < -0.3 is 25.3 Å². The molecule has 0 aromatic carbocycles. The van der Waals surface area contributed by atoms with Gasteiger partial charge in [0.05, 0.1) is 18.4 Å². The number of thiazole rings is 1. The molecule has 204 valence electrons. The Hall–Kier alpha value is -2.04. The Labute approximate surface area is 222 Å². The van der Waals surface area contributed by atoms with Gasteiger partial charge in [0, 0.05) is 61.7 Å². The number of amides is 3. The molecule has 0 radical (unpaired) electrons. The molecule has 1 aromatic rings. The molecule has 0 spiro atoms. The van der Waals surface area contributed by atoms with Crippen LogP contribution in [-0.2, 0) is 20.8 Å². The van der Waals surface area contributed by atoms with Crippen LogP contribution in [0.1, 0.15) is 75.8 Å². The molecule has 1 saturated heterocycles. The van der Waals surface area contributed by atoms with E-state index in [9.17, 15) is 24.6 Å². The monoisotopic (exact) mass is 532 g/mol. The lowest BCUT2D eigenvalue weighted by Gasteiger charge is -2.58. The predicted octanol–water partition coefficient (Wildman–Crippen LogP) is 2.38. The zero-order valence-electron chi connectivity index (χ0n) is 22.2. The van der Waals surface area contributed by atoms with Gasteiger partial charge in [-0.05, 0) is 43.4 Å². The Morgan fingerprint density at radius 3 is 2.38 bits per heavy atom. The van der Waals surface area contributed by atoms with E-state index >= 15 is 0 Å². The zero-order chi connectivity index (χ0) is 26.5. The highest BCUT2D eigenvalue weighted by molar-refractivity contribution is 7.15. The van der Waals surface area contributed by atoms with Gasteiger partial charge in [0.2, 0.25) is 17.7 Å². The molecule has 5 atom stereocenters. The van der Waals surface area contributed by atoms with E-state index in [-0.39, 0.29) is 53.9 Å². The third-order valence-corrected chi connectivity index (χ3v) is 11.1. The van der Waals surface area contributed by atoms with E-state index in [0.717, 1.165) is 36.3 Å². The first-order chi connectivity index (χ1) is 17.6. The Balaban J connectivity index is 1.44. The Bertz CT molecular complexity index is 1070. The van der Waals surface area contributed by atoms with Gasteiger partial charge in [0.15, 0.2) is 5.13 Å². The number of aliphatic hydroxyl groups is 2. The van der Waals surface area contributed by atoms with Gasteiger partial charge in [-0.2, -0.15) is 0 Å². The minimum absolute atomic E-state index is 0.0209. The molecule has 3 amide bonds. The van der Waals surface area contributed by atoms with Crippen molar-refractivity contribution in [2.45, 2.75) is 77.7 Å². The van der Waals surface area contributed by atoms with E-state index < -0.39 is 11.5 Å². The van der Waals surface area contributed by atoms with Gasteiger partial charge in [0.1, 0.15) is 0 Å². The van der Waals surface area contributed by atoms with E-state index in [4.69, 9.17) is 4.98 Å². The molecule has 2 saturated carbocycles. The van der Waals surface area contributed by atoms with Crippen LogP contribution in [-0.4, -0.2) is 81.6 Å². The Morgan fingerprint density at radius 2 is 1.78 bits per heavy atom. The maximum Gasteiger partial charge on any atom is 0.229 e. The highest BCUT2D eigenvalue weighted by Gasteiger charge is 2.59. The summed E-state index contributed by atoms with van der Waals surface area (Å²) in [5.41, 5.74) is -0.123. The molecule has 0 unspecified atom stereocenters. The number of nitrogens with one attached hydrogen (secondary N) is 1. The third kappa shape index (κ3) is 4.59. The molecule has 5 rings (SSSR count). The van der Waals surface area contributed by atoms with Crippen LogP contribution in [0.25, 0.3) is 0 Å². The summed E-state index contributed by atoms with van der Waals surface area (Å²) in [5.74, 6) is -0.0476. The molecule has 1 aliphatic heterocycles. The normalized spacial score (nSPS) is 33.8. The van der Waals surface area contributed by atoms with Gasteiger partial charge in [-0.15, -0.1) is 11.3 Å². The molecule has 10 heteroatoms. The summed E-state index contributed by atoms with van der Waals surface area (Å²) in [4.78, 5) is 47.6. The van der Waals surface area contributed by atoms with Gasteiger partial charge >= 0.3 is 0 Å². The van der Waals surface area contributed by atoms with E-state index in [1.165, 1.54) is 11.3 Å². The number of piperazine rings is 1. The highest BCUT2D eigenvalue weighted by Crippen LogP contribution is 2.63. The van der Waals surface area contributed by atoms with Crippen molar-refractivity contribution in [2.24, 2.45) is 22.7 Å². The van der Waals surface area contributed by atoms with Crippen molar-refractivity contribution in [2.75, 3.05) is 38.1 Å². The molecule has 3 N–H and O–H groups in total. The van der Waals surface area contributed by atoms with Crippen molar-refractivity contribution < 1.29 is 24.6 Å². The summed E-state index contributed by atoms with van der Waals surface area (Å²) in [6, 6.07) is 0. The zero-order valence-corrected chi connectivity index (χ0v) is 23.0. The second kappa shape index (κ2) is 9.93. The van der Waals surface area contributed by atoms with Crippen molar-refractivity contribution in [1.29, 1.82) is 0 Å². The molecule has 1 aromatic heterocycles. The van der Waals surface area contributed by atoms with Crippen molar-refractivity contribution in [3.05, 3.63) is 10.6 Å². The van der Waals surface area contributed by atoms with E-state index in [0.29, 0.717) is 44.2 Å². The molecule has 4 aliphatic rings. The number of nitrogens with zero attached hydrogens (tertiary/aromatic N) is 3. The van der Waals surface area contributed by atoms with Crippen molar-refractivity contribution in [3.8, 4) is 0 Å². The van der Waals surface area contributed by atoms with Gasteiger partial charge in [-0.3, -0.25) is 14.4 Å². The Morgan fingerprint density at radius 1 is 1.11 bits per heavy atom. The minimum atomic E-state index is -0.682. The summed E-state index contributed by atoms with van der Waals surface area (Å²) in [7, 11) is 0. The molecular weight excluding hydrogens is 492 g/mol. The highest BCUT2D eigenvalue weighted by atomic mass is 32.1. The second-order valence-corrected chi connectivity index (χ2v) is 13.2.